The molecule has 0 spiro atoms. The van der Waals surface area contributed by atoms with Gasteiger partial charge in [-0.25, -0.2) is 22.4 Å². The fraction of sp³-hybridized carbons (Fsp3) is 0.448. The monoisotopic (exact) mass is 592 g/mol. The van der Waals surface area contributed by atoms with Crippen molar-refractivity contribution in [1.29, 1.82) is 0 Å². The summed E-state index contributed by atoms with van der Waals surface area (Å²) in [7, 11) is -4.23. The summed E-state index contributed by atoms with van der Waals surface area (Å²) >= 11 is 6.38. The minimum atomic E-state index is -4.23. The Morgan fingerprint density at radius 3 is 2.48 bits per heavy atom. The molecule has 0 amide bonds. The van der Waals surface area contributed by atoms with Crippen LogP contribution in [0.3, 0.4) is 0 Å². The Bertz CT molecular complexity index is 1400. The highest BCUT2D eigenvalue weighted by atomic mass is 35.5. The number of rotatable bonds is 9. The van der Waals surface area contributed by atoms with Gasteiger partial charge in [0.25, 0.3) is 0 Å². The molecule has 0 radical (unpaired) electrons. The first-order valence-electron chi connectivity index (χ1n) is 13.4. The van der Waals surface area contributed by atoms with Crippen LogP contribution in [0.25, 0.3) is 0 Å². The van der Waals surface area contributed by atoms with Crippen molar-refractivity contribution in [3.05, 3.63) is 69.5 Å². The highest BCUT2D eigenvalue weighted by molar-refractivity contribution is 7.93. The molecule has 1 aliphatic heterocycles. The van der Waals surface area contributed by atoms with Crippen LogP contribution < -0.4 is 14.4 Å². The standard InChI is InChI=1S/C29H34ClFN2O6S/c1-4-38-28(34)22-8-5-6-10-26(22)40(36,37)33(25-12-11-21(31)16-23(25)30)17-20-14-18(2)27(19(3)15-20)39-29(35)24-9-7-13-32-24/h8,11-12,14-16,24,26,32H,4-7,9-10,13,17H2,1-3H3. The van der Waals surface area contributed by atoms with E-state index in [9.17, 15) is 22.4 Å². The summed E-state index contributed by atoms with van der Waals surface area (Å²) in [6.07, 6.45) is 4.60. The molecule has 2 aliphatic rings. The number of anilines is 1. The maximum absolute atomic E-state index is 14.2. The fourth-order valence-electron chi connectivity index (χ4n) is 5.25. The van der Waals surface area contributed by atoms with E-state index >= 15 is 0 Å². The number of halogens is 2. The minimum Gasteiger partial charge on any atom is -0.463 e. The summed E-state index contributed by atoms with van der Waals surface area (Å²) in [5, 5.41) is 1.89. The zero-order valence-electron chi connectivity index (χ0n) is 22.8. The van der Waals surface area contributed by atoms with Crippen LogP contribution in [-0.2, 0) is 30.9 Å². The minimum absolute atomic E-state index is 0.0795. The quantitative estimate of drug-likeness (QED) is 0.318. The zero-order chi connectivity index (χ0) is 29.0. The molecule has 1 N–H and O–H groups in total. The third-order valence-electron chi connectivity index (χ3n) is 7.13. The van der Waals surface area contributed by atoms with E-state index in [0.29, 0.717) is 41.7 Å². The normalized spacial score (nSPS) is 19.2. The van der Waals surface area contributed by atoms with E-state index < -0.39 is 27.1 Å². The van der Waals surface area contributed by atoms with Crippen molar-refractivity contribution in [2.75, 3.05) is 17.5 Å². The molecule has 1 saturated heterocycles. The predicted octanol–water partition coefficient (Wildman–Crippen LogP) is 5.13. The summed E-state index contributed by atoms with van der Waals surface area (Å²) in [6, 6.07) is 6.66. The molecule has 2 atom stereocenters. The second kappa shape index (κ2) is 12.7. The smallest absolute Gasteiger partial charge is 0.335 e. The molecule has 1 aliphatic carbocycles. The molecule has 4 rings (SSSR count). The van der Waals surface area contributed by atoms with E-state index in [-0.39, 0.29) is 47.9 Å². The van der Waals surface area contributed by atoms with Gasteiger partial charge in [-0.05, 0) is 94.3 Å². The van der Waals surface area contributed by atoms with Gasteiger partial charge in [-0.3, -0.25) is 4.31 Å². The van der Waals surface area contributed by atoms with Gasteiger partial charge in [-0.15, -0.1) is 0 Å². The average Bonchev–Trinajstić information content (AvgIpc) is 3.45. The number of sulfonamides is 1. The Kier molecular flexibility index (Phi) is 9.53. The van der Waals surface area contributed by atoms with Gasteiger partial charge < -0.3 is 14.8 Å². The summed E-state index contributed by atoms with van der Waals surface area (Å²) < 4.78 is 54.4. The number of hydrogen-bond donors (Lipinski definition) is 1. The Hall–Kier alpha value is -2.95. The lowest BCUT2D eigenvalue weighted by molar-refractivity contribution is -0.139. The van der Waals surface area contributed by atoms with Crippen LogP contribution in [0.5, 0.6) is 5.75 Å². The molecular weight excluding hydrogens is 559 g/mol. The van der Waals surface area contributed by atoms with Crippen molar-refractivity contribution in [2.45, 2.75) is 70.7 Å². The fourth-order valence-corrected chi connectivity index (χ4v) is 7.62. The van der Waals surface area contributed by atoms with Crippen LogP contribution in [0.4, 0.5) is 10.1 Å². The number of aryl methyl sites for hydroxylation is 2. The molecule has 0 aromatic heterocycles. The van der Waals surface area contributed by atoms with Crippen LogP contribution >= 0.6 is 11.6 Å². The first-order chi connectivity index (χ1) is 19.0. The van der Waals surface area contributed by atoms with Crippen LogP contribution in [0, 0.1) is 19.7 Å². The second-order valence-electron chi connectivity index (χ2n) is 10.1. The molecule has 2 aromatic carbocycles. The zero-order valence-corrected chi connectivity index (χ0v) is 24.4. The highest BCUT2D eigenvalue weighted by Crippen LogP contribution is 2.36. The van der Waals surface area contributed by atoms with Gasteiger partial charge in [0, 0.05) is 0 Å². The number of allylic oxidation sites excluding steroid dienone is 1. The summed E-state index contributed by atoms with van der Waals surface area (Å²) in [6.45, 7) is 5.97. The van der Waals surface area contributed by atoms with E-state index in [1.54, 1.807) is 39.0 Å². The lowest BCUT2D eigenvalue weighted by Crippen LogP contribution is -2.42. The second-order valence-corrected chi connectivity index (χ2v) is 12.5. The summed E-state index contributed by atoms with van der Waals surface area (Å²) in [5.41, 5.74) is 2.11. The van der Waals surface area contributed by atoms with Crippen molar-refractivity contribution in [3.63, 3.8) is 0 Å². The molecule has 216 valence electrons. The van der Waals surface area contributed by atoms with Gasteiger partial charge in [0.1, 0.15) is 22.9 Å². The van der Waals surface area contributed by atoms with Gasteiger partial charge in [0.2, 0.25) is 10.0 Å². The third-order valence-corrected chi connectivity index (χ3v) is 9.58. The number of carbonyl (C=O) groups is 2. The molecule has 0 saturated carbocycles. The van der Waals surface area contributed by atoms with Crippen LogP contribution in [0.1, 0.15) is 55.7 Å². The van der Waals surface area contributed by atoms with Gasteiger partial charge >= 0.3 is 11.9 Å². The molecular formula is C29H34ClFN2O6S. The van der Waals surface area contributed by atoms with Crippen molar-refractivity contribution in [1.82, 2.24) is 5.32 Å². The molecule has 11 heteroatoms. The molecule has 1 fully saturated rings. The number of nitrogens with zero attached hydrogens (tertiary/aromatic N) is 1. The maximum atomic E-state index is 14.2. The van der Waals surface area contributed by atoms with Gasteiger partial charge in [0.05, 0.1) is 29.4 Å². The lowest BCUT2D eigenvalue weighted by Gasteiger charge is -2.32. The van der Waals surface area contributed by atoms with Gasteiger partial charge in [-0.1, -0.05) is 29.8 Å². The Labute approximate surface area is 239 Å². The van der Waals surface area contributed by atoms with Crippen LogP contribution in [0.2, 0.25) is 5.02 Å². The number of ether oxygens (including phenoxy) is 2. The number of nitrogens with one attached hydrogen (secondary N) is 1. The molecule has 2 aromatic rings. The van der Waals surface area contributed by atoms with E-state index in [1.807, 2.05) is 0 Å². The van der Waals surface area contributed by atoms with Crippen molar-refractivity contribution >= 4 is 39.3 Å². The molecule has 8 nitrogen and oxygen atoms in total. The Morgan fingerprint density at radius 2 is 1.85 bits per heavy atom. The van der Waals surface area contributed by atoms with Gasteiger partial charge in [-0.2, -0.15) is 0 Å². The molecule has 2 unspecified atom stereocenters. The van der Waals surface area contributed by atoms with E-state index in [0.717, 1.165) is 29.4 Å². The van der Waals surface area contributed by atoms with Crippen molar-refractivity contribution in [3.8, 4) is 5.75 Å². The molecule has 1 heterocycles. The molecule has 0 bridgehead atoms. The number of hydrogen-bond acceptors (Lipinski definition) is 7. The van der Waals surface area contributed by atoms with Crippen LogP contribution in [-0.4, -0.2) is 44.8 Å². The first-order valence-corrected chi connectivity index (χ1v) is 15.3. The van der Waals surface area contributed by atoms with Crippen molar-refractivity contribution < 1.29 is 31.9 Å². The van der Waals surface area contributed by atoms with Crippen molar-refractivity contribution in [2.24, 2.45) is 0 Å². The number of carbonyl (C=O) groups excluding carboxylic acids is 2. The summed E-state index contributed by atoms with van der Waals surface area (Å²) in [5.74, 6) is -1.20. The SMILES string of the molecule is CCOC(=O)C1=CCCCC1S(=O)(=O)N(Cc1cc(C)c(OC(=O)C2CCCN2)c(C)c1)c1ccc(F)cc1Cl. The number of esters is 2. The first kappa shape index (κ1) is 30.0. The highest BCUT2D eigenvalue weighted by Gasteiger charge is 2.40. The topological polar surface area (TPSA) is 102 Å². The molecule has 40 heavy (non-hydrogen) atoms. The largest absolute Gasteiger partial charge is 0.463 e. The Morgan fingerprint density at radius 1 is 1.12 bits per heavy atom. The van der Waals surface area contributed by atoms with E-state index in [1.165, 1.54) is 6.07 Å². The predicted molar refractivity (Wildman–Crippen MR) is 151 cm³/mol. The third kappa shape index (κ3) is 6.50. The Balaban J connectivity index is 1.71. The van der Waals surface area contributed by atoms with Crippen LogP contribution in [0.15, 0.2) is 42.0 Å². The summed E-state index contributed by atoms with van der Waals surface area (Å²) in [4.78, 5) is 25.3. The maximum Gasteiger partial charge on any atom is 0.335 e. The number of benzene rings is 2. The van der Waals surface area contributed by atoms with Gasteiger partial charge in [0.15, 0.2) is 0 Å². The average molecular weight is 593 g/mol. The van der Waals surface area contributed by atoms with E-state index in [2.05, 4.69) is 5.32 Å². The van der Waals surface area contributed by atoms with E-state index in [4.69, 9.17) is 21.1 Å². The lowest BCUT2D eigenvalue weighted by atomic mass is 9.99.